The Morgan fingerprint density at radius 1 is 1.15 bits per heavy atom. The summed E-state index contributed by atoms with van der Waals surface area (Å²) in [5.74, 6) is 2.89. The number of nitrogens with two attached hydrogens (primary N) is 1. The standard InChI is InChI=1S/C15H27N5/c1-3-9-17-13-10-14(20-15(16)19-13)18-12-7-5-11(4-2)6-8-12/h10-12H,3-9H2,1-2H3,(H4,16,17,18,19,20). The summed E-state index contributed by atoms with van der Waals surface area (Å²) >= 11 is 0. The molecule has 0 aliphatic heterocycles. The smallest absolute Gasteiger partial charge is 0.223 e. The first-order chi connectivity index (χ1) is 9.71. The topological polar surface area (TPSA) is 75.9 Å². The number of rotatable bonds is 6. The molecule has 0 atom stereocenters. The summed E-state index contributed by atoms with van der Waals surface area (Å²) in [7, 11) is 0. The van der Waals surface area contributed by atoms with Gasteiger partial charge in [-0.1, -0.05) is 20.3 Å². The van der Waals surface area contributed by atoms with Crippen molar-refractivity contribution < 1.29 is 0 Å². The SMILES string of the molecule is CCCNc1cc(NC2CCC(CC)CC2)nc(N)n1. The number of hydrogen-bond donors (Lipinski definition) is 3. The van der Waals surface area contributed by atoms with Gasteiger partial charge in [0.1, 0.15) is 11.6 Å². The van der Waals surface area contributed by atoms with Crippen LogP contribution >= 0.6 is 0 Å². The van der Waals surface area contributed by atoms with E-state index in [9.17, 15) is 0 Å². The van der Waals surface area contributed by atoms with Gasteiger partial charge in [0, 0.05) is 18.7 Å². The van der Waals surface area contributed by atoms with Gasteiger partial charge in [-0.2, -0.15) is 9.97 Å². The summed E-state index contributed by atoms with van der Waals surface area (Å²) in [5.41, 5.74) is 5.78. The van der Waals surface area contributed by atoms with Gasteiger partial charge >= 0.3 is 0 Å². The molecule has 0 unspecified atom stereocenters. The zero-order chi connectivity index (χ0) is 14.4. The van der Waals surface area contributed by atoms with Gasteiger partial charge in [0.05, 0.1) is 0 Å². The van der Waals surface area contributed by atoms with Crippen LogP contribution in [0.25, 0.3) is 0 Å². The van der Waals surface area contributed by atoms with Crippen LogP contribution in [0, 0.1) is 5.92 Å². The first kappa shape index (κ1) is 14.9. The zero-order valence-corrected chi connectivity index (χ0v) is 12.7. The first-order valence-corrected chi connectivity index (χ1v) is 7.86. The predicted octanol–water partition coefficient (Wildman–Crippen LogP) is 3.26. The van der Waals surface area contributed by atoms with E-state index in [2.05, 4.69) is 34.4 Å². The highest BCUT2D eigenvalue weighted by molar-refractivity contribution is 5.51. The molecule has 1 aliphatic carbocycles. The maximum absolute atomic E-state index is 5.78. The maximum atomic E-state index is 5.78. The average Bonchev–Trinajstić information content (AvgIpc) is 2.45. The molecule has 4 N–H and O–H groups in total. The fourth-order valence-electron chi connectivity index (χ4n) is 2.81. The van der Waals surface area contributed by atoms with E-state index >= 15 is 0 Å². The molecule has 1 aliphatic rings. The van der Waals surface area contributed by atoms with E-state index in [0.29, 0.717) is 12.0 Å². The Kier molecular flexibility index (Phi) is 5.44. The summed E-state index contributed by atoms with van der Waals surface area (Å²) in [6.45, 7) is 5.32. The van der Waals surface area contributed by atoms with Crippen molar-refractivity contribution in [2.45, 2.75) is 58.4 Å². The lowest BCUT2D eigenvalue weighted by Crippen LogP contribution is -2.26. The molecule has 0 aromatic carbocycles. The zero-order valence-electron chi connectivity index (χ0n) is 12.7. The van der Waals surface area contributed by atoms with E-state index in [-0.39, 0.29) is 0 Å². The lowest BCUT2D eigenvalue weighted by atomic mass is 9.84. The lowest BCUT2D eigenvalue weighted by molar-refractivity contribution is 0.330. The van der Waals surface area contributed by atoms with Gasteiger partial charge in [-0.25, -0.2) is 0 Å². The number of hydrogen-bond acceptors (Lipinski definition) is 5. The minimum Gasteiger partial charge on any atom is -0.370 e. The molecule has 1 aromatic rings. The Morgan fingerprint density at radius 3 is 2.50 bits per heavy atom. The van der Waals surface area contributed by atoms with Crippen molar-refractivity contribution >= 4 is 17.6 Å². The molecule has 0 radical (unpaired) electrons. The first-order valence-electron chi connectivity index (χ1n) is 7.86. The van der Waals surface area contributed by atoms with Gasteiger partial charge in [0.15, 0.2) is 0 Å². The molecule has 20 heavy (non-hydrogen) atoms. The van der Waals surface area contributed by atoms with Crippen molar-refractivity contribution in [1.29, 1.82) is 0 Å². The minimum atomic E-state index is 0.329. The average molecular weight is 277 g/mol. The van der Waals surface area contributed by atoms with E-state index in [1.165, 1.54) is 32.1 Å². The van der Waals surface area contributed by atoms with E-state index in [1.54, 1.807) is 0 Å². The predicted molar refractivity (Wildman–Crippen MR) is 84.9 cm³/mol. The normalized spacial score (nSPS) is 22.5. The van der Waals surface area contributed by atoms with Gasteiger partial charge in [-0.05, 0) is 38.0 Å². The van der Waals surface area contributed by atoms with E-state index < -0.39 is 0 Å². The second kappa shape index (κ2) is 7.31. The third kappa shape index (κ3) is 4.25. The van der Waals surface area contributed by atoms with Gasteiger partial charge in [-0.3, -0.25) is 0 Å². The molecule has 5 nitrogen and oxygen atoms in total. The van der Waals surface area contributed by atoms with Gasteiger partial charge in [0.25, 0.3) is 0 Å². The Bertz CT molecular complexity index is 413. The summed E-state index contributed by atoms with van der Waals surface area (Å²) in [6, 6.07) is 2.48. The Labute approximate surface area is 121 Å². The van der Waals surface area contributed by atoms with Gasteiger partial charge in [-0.15, -0.1) is 0 Å². The molecule has 0 amide bonds. The third-order valence-electron chi connectivity index (χ3n) is 4.08. The largest absolute Gasteiger partial charge is 0.370 e. The van der Waals surface area contributed by atoms with Crippen LogP contribution in [0.3, 0.4) is 0 Å². The van der Waals surface area contributed by atoms with Gasteiger partial charge in [0.2, 0.25) is 5.95 Å². The monoisotopic (exact) mass is 277 g/mol. The number of nitrogens with zero attached hydrogens (tertiary/aromatic N) is 2. The Morgan fingerprint density at radius 2 is 1.85 bits per heavy atom. The highest BCUT2D eigenvalue weighted by Crippen LogP contribution is 2.28. The van der Waals surface area contributed by atoms with Crippen LogP contribution in [-0.4, -0.2) is 22.6 Å². The van der Waals surface area contributed by atoms with Crippen molar-refractivity contribution in [2.24, 2.45) is 5.92 Å². The fraction of sp³-hybridized carbons (Fsp3) is 0.733. The molecule has 0 bridgehead atoms. The fourth-order valence-corrected chi connectivity index (χ4v) is 2.81. The third-order valence-corrected chi connectivity index (χ3v) is 4.08. The van der Waals surface area contributed by atoms with E-state index in [4.69, 9.17) is 5.73 Å². The highest BCUT2D eigenvalue weighted by Gasteiger charge is 2.20. The van der Waals surface area contributed by atoms with Crippen molar-refractivity contribution in [1.82, 2.24) is 9.97 Å². The minimum absolute atomic E-state index is 0.329. The summed E-state index contributed by atoms with van der Waals surface area (Å²) < 4.78 is 0. The van der Waals surface area contributed by atoms with Crippen molar-refractivity contribution in [2.75, 3.05) is 22.9 Å². The van der Waals surface area contributed by atoms with Crippen LogP contribution in [-0.2, 0) is 0 Å². The maximum Gasteiger partial charge on any atom is 0.223 e. The van der Waals surface area contributed by atoms with E-state index in [0.717, 1.165) is 30.5 Å². The second-order valence-corrected chi connectivity index (χ2v) is 5.69. The molecule has 112 valence electrons. The number of aromatic nitrogens is 2. The Balaban J connectivity index is 1.93. The summed E-state index contributed by atoms with van der Waals surface area (Å²) in [4.78, 5) is 8.50. The molecule has 1 fully saturated rings. The van der Waals surface area contributed by atoms with Crippen LogP contribution in [0.15, 0.2) is 6.07 Å². The second-order valence-electron chi connectivity index (χ2n) is 5.69. The molecular weight excluding hydrogens is 250 g/mol. The van der Waals surface area contributed by atoms with Crippen LogP contribution in [0.5, 0.6) is 0 Å². The highest BCUT2D eigenvalue weighted by atomic mass is 15.1. The molecule has 2 rings (SSSR count). The molecule has 0 spiro atoms. The number of anilines is 3. The molecule has 1 saturated carbocycles. The van der Waals surface area contributed by atoms with Crippen molar-refractivity contribution in [3.05, 3.63) is 6.07 Å². The Hall–Kier alpha value is -1.52. The van der Waals surface area contributed by atoms with E-state index in [1.807, 2.05) is 6.07 Å². The van der Waals surface area contributed by atoms with Crippen LogP contribution < -0.4 is 16.4 Å². The van der Waals surface area contributed by atoms with Crippen LogP contribution in [0.2, 0.25) is 0 Å². The van der Waals surface area contributed by atoms with Crippen LogP contribution in [0.1, 0.15) is 52.4 Å². The lowest BCUT2D eigenvalue weighted by Gasteiger charge is -2.28. The summed E-state index contributed by atoms with van der Waals surface area (Å²) in [6.07, 6.45) is 7.44. The van der Waals surface area contributed by atoms with Crippen molar-refractivity contribution in [3.63, 3.8) is 0 Å². The molecule has 5 heteroatoms. The number of nitrogens with one attached hydrogen (secondary N) is 2. The molecular formula is C15H27N5. The van der Waals surface area contributed by atoms with Gasteiger partial charge < -0.3 is 16.4 Å². The molecule has 0 saturated heterocycles. The molecule has 1 aromatic heterocycles. The molecule has 1 heterocycles. The van der Waals surface area contributed by atoms with Crippen LogP contribution in [0.4, 0.5) is 17.6 Å². The quantitative estimate of drug-likeness (QED) is 0.744. The van der Waals surface area contributed by atoms with Crippen molar-refractivity contribution in [3.8, 4) is 0 Å². The number of nitrogen functional groups attached to an aromatic ring is 1. The summed E-state index contributed by atoms with van der Waals surface area (Å²) in [5, 5.41) is 6.77.